The van der Waals surface area contributed by atoms with Crippen LogP contribution in [0.1, 0.15) is 36.5 Å². The molecule has 5 heteroatoms. The molecule has 2 aliphatic rings. The summed E-state index contributed by atoms with van der Waals surface area (Å²) in [6, 6.07) is 9.37. The van der Waals surface area contributed by atoms with Gasteiger partial charge in [-0.3, -0.25) is 9.59 Å². The van der Waals surface area contributed by atoms with Gasteiger partial charge in [-0.1, -0.05) is 25.1 Å². The summed E-state index contributed by atoms with van der Waals surface area (Å²) in [6.07, 6.45) is 3.06. The molecule has 0 bridgehead atoms. The molecule has 1 aromatic carbocycles. The highest BCUT2D eigenvalue weighted by Crippen LogP contribution is 2.23. The summed E-state index contributed by atoms with van der Waals surface area (Å²) in [7, 11) is 0. The zero-order valence-electron chi connectivity index (χ0n) is 15.1. The second kappa shape index (κ2) is 8.48. The van der Waals surface area contributed by atoms with Gasteiger partial charge >= 0.3 is 0 Å². The molecule has 0 aromatic heterocycles. The van der Waals surface area contributed by atoms with Gasteiger partial charge in [0.15, 0.2) is 0 Å². The molecule has 1 aromatic rings. The fraction of sp³-hybridized carbons (Fsp3) is 0.600. The van der Waals surface area contributed by atoms with Crippen molar-refractivity contribution in [1.29, 1.82) is 0 Å². The Morgan fingerprint density at radius 1 is 1.12 bits per heavy atom. The van der Waals surface area contributed by atoms with Crippen LogP contribution in [0.2, 0.25) is 0 Å². The van der Waals surface area contributed by atoms with Gasteiger partial charge < -0.3 is 15.1 Å². The monoisotopic (exact) mass is 343 g/mol. The topological polar surface area (TPSA) is 52.7 Å². The highest BCUT2D eigenvalue weighted by atomic mass is 16.2. The first kappa shape index (κ1) is 17.9. The van der Waals surface area contributed by atoms with Gasteiger partial charge in [0.05, 0.1) is 0 Å². The van der Waals surface area contributed by atoms with Gasteiger partial charge in [-0.25, -0.2) is 0 Å². The summed E-state index contributed by atoms with van der Waals surface area (Å²) >= 11 is 0. The van der Waals surface area contributed by atoms with E-state index in [1.165, 1.54) is 12.8 Å². The van der Waals surface area contributed by atoms with Crippen molar-refractivity contribution in [2.24, 2.45) is 11.8 Å². The van der Waals surface area contributed by atoms with E-state index < -0.39 is 0 Å². The van der Waals surface area contributed by atoms with Crippen LogP contribution < -0.4 is 5.32 Å². The number of rotatable bonds is 4. The number of hydrogen-bond acceptors (Lipinski definition) is 3. The van der Waals surface area contributed by atoms with Crippen LogP contribution in [-0.2, 0) is 4.79 Å². The third kappa shape index (κ3) is 4.60. The van der Waals surface area contributed by atoms with Crippen molar-refractivity contribution in [3.63, 3.8) is 0 Å². The van der Waals surface area contributed by atoms with Gasteiger partial charge in [0, 0.05) is 38.2 Å². The van der Waals surface area contributed by atoms with Crippen LogP contribution in [0.3, 0.4) is 0 Å². The highest BCUT2D eigenvalue weighted by molar-refractivity contribution is 5.94. The predicted octanol–water partition coefficient (Wildman–Crippen LogP) is 2.00. The second-order valence-electron chi connectivity index (χ2n) is 7.33. The fourth-order valence-electron chi connectivity index (χ4n) is 3.86. The number of benzene rings is 1. The van der Waals surface area contributed by atoms with Gasteiger partial charge in [-0.2, -0.15) is 0 Å². The van der Waals surface area contributed by atoms with E-state index in [9.17, 15) is 9.59 Å². The molecule has 2 heterocycles. The summed E-state index contributed by atoms with van der Waals surface area (Å²) < 4.78 is 0. The van der Waals surface area contributed by atoms with Gasteiger partial charge in [0.2, 0.25) is 5.91 Å². The van der Waals surface area contributed by atoms with E-state index in [4.69, 9.17) is 0 Å². The Kier molecular flexibility index (Phi) is 6.08. The van der Waals surface area contributed by atoms with E-state index in [1.54, 1.807) is 0 Å². The molecule has 2 saturated heterocycles. The Balaban J connectivity index is 1.46. The van der Waals surface area contributed by atoms with Crippen LogP contribution in [0.15, 0.2) is 30.3 Å². The molecule has 5 nitrogen and oxygen atoms in total. The smallest absolute Gasteiger partial charge is 0.253 e. The van der Waals surface area contributed by atoms with Crippen LogP contribution in [-0.4, -0.2) is 60.9 Å². The summed E-state index contributed by atoms with van der Waals surface area (Å²) in [5.41, 5.74) is 0.723. The highest BCUT2D eigenvalue weighted by Gasteiger charge is 2.28. The average Bonchev–Trinajstić information content (AvgIpc) is 2.69. The number of nitrogens with zero attached hydrogens (tertiary/aromatic N) is 2. The van der Waals surface area contributed by atoms with Crippen molar-refractivity contribution in [3.8, 4) is 0 Å². The third-order valence-electron chi connectivity index (χ3n) is 5.58. The predicted molar refractivity (Wildman–Crippen MR) is 98.3 cm³/mol. The van der Waals surface area contributed by atoms with E-state index >= 15 is 0 Å². The normalized spacial score (nSPS) is 22.5. The molecule has 0 spiro atoms. The van der Waals surface area contributed by atoms with Gasteiger partial charge in [0.1, 0.15) is 0 Å². The Morgan fingerprint density at radius 2 is 1.80 bits per heavy atom. The molecule has 3 rings (SSSR count). The number of carbonyl (C=O) groups is 2. The number of nitrogens with one attached hydrogen (secondary N) is 1. The maximum absolute atomic E-state index is 12.6. The summed E-state index contributed by atoms with van der Waals surface area (Å²) in [6.45, 7) is 6.88. The summed E-state index contributed by atoms with van der Waals surface area (Å²) in [5, 5.41) is 3.43. The maximum atomic E-state index is 12.6. The van der Waals surface area contributed by atoms with Gasteiger partial charge in [-0.15, -0.1) is 0 Å². The lowest BCUT2D eigenvalue weighted by Crippen LogP contribution is -2.51. The quantitative estimate of drug-likeness (QED) is 0.910. The van der Waals surface area contributed by atoms with E-state index in [-0.39, 0.29) is 11.8 Å². The first-order valence-corrected chi connectivity index (χ1v) is 9.48. The Labute approximate surface area is 150 Å². The number of carbonyl (C=O) groups excluding carboxylic acids is 2. The first-order valence-electron chi connectivity index (χ1n) is 9.48. The number of hydrogen-bond donors (Lipinski definition) is 1. The van der Waals surface area contributed by atoms with Gasteiger partial charge in [-0.05, 0) is 49.9 Å². The van der Waals surface area contributed by atoms with Crippen molar-refractivity contribution in [2.45, 2.75) is 26.2 Å². The molecule has 2 unspecified atom stereocenters. The van der Waals surface area contributed by atoms with E-state index in [2.05, 4.69) is 12.2 Å². The largest absolute Gasteiger partial charge is 0.339 e. The summed E-state index contributed by atoms with van der Waals surface area (Å²) in [4.78, 5) is 28.9. The standard InChI is InChI=1S/C20H29N3O2/c1-16(18-8-5-9-21-15-18)14-19(24)22-10-12-23(13-11-22)20(25)17-6-3-2-4-7-17/h2-4,6-7,16,18,21H,5,8-15H2,1H3. The molecule has 2 fully saturated rings. The van der Waals surface area contributed by atoms with Crippen LogP contribution in [0.4, 0.5) is 0 Å². The van der Waals surface area contributed by atoms with Crippen molar-refractivity contribution in [1.82, 2.24) is 15.1 Å². The molecule has 1 N–H and O–H groups in total. The zero-order valence-corrected chi connectivity index (χ0v) is 15.1. The number of amides is 2. The molecule has 2 atom stereocenters. The lowest BCUT2D eigenvalue weighted by Gasteiger charge is -2.36. The van der Waals surface area contributed by atoms with Crippen LogP contribution in [0.5, 0.6) is 0 Å². The van der Waals surface area contributed by atoms with Crippen molar-refractivity contribution < 1.29 is 9.59 Å². The minimum absolute atomic E-state index is 0.0642. The van der Waals surface area contributed by atoms with Gasteiger partial charge in [0.25, 0.3) is 5.91 Å². The molecule has 0 saturated carbocycles. The number of piperidine rings is 1. The lowest BCUT2D eigenvalue weighted by molar-refractivity contribution is -0.134. The van der Waals surface area contributed by atoms with Crippen LogP contribution >= 0.6 is 0 Å². The average molecular weight is 343 g/mol. The molecular weight excluding hydrogens is 314 g/mol. The molecule has 0 radical (unpaired) electrons. The van der Waals surface area contributed by atoms with E-state index in [1.807, 2.05) is 40.1 Å². The van der Waals surface area contributed by atoms with Crippen molar-refractivity contribution >= 4 is 11.8 Å². The van der Waals surface area contributed by atoms with Crippen LogP contribution in [0.25, 0.3) is 0 Å². The number of piperazine rings is 1. The fourth-order valence-corrected chi connectivity index (χ4v) is 3.86. The maximum Gasteiger partial charge on any atom is 0.253 e. The molecule has 0 aliphatic carbocycles. The van der Waals surface area contributed by atoms with E-state index in [0.717, 1.165) is 18.7 Å². The minimum atomic E-state index is 0.0642. The molecule has 2 amide bonds. The van der Waals surface area contributed by atoms with Crippen molar-refractivity contribution in [3.05, 3.63) is 35.9 Å². The zero-order chi connectivity index (χ0) is 17.6. The Bertz CT molecular complexity index is 576. The molecule has 2 aliphatic heterocycles. The SMILES string of the molecule is CC(CC(=O)N1CCN(C(=O)c2ccccc2)CC1)C1CCCNC1. The van der Waals surface area contributed by atoms with Crippen molar-refractivity contribution in [2.75, 3.05) is 39.3 Å². The molecule has 25 heavy (non-hydrogen) atoms. The molecular formula is C20H29N3O2. The third-order valence-corrected chi connectivity index (χ3v) is 5.58. The summed E-state index contributed by atoms with van der Waals surface area (Å²) in [5.74, 6) is 1.34. The molecule has 136 valence electrons. The Hall–Kier alpha value is -1.88. The second-order valence-corrected chi connectivity index (χ2v) is 7.33. The lowest BCUT2D eigenvalue weighted by atomic mass is 9.85. The van der Waals surface area contributed by atoms with Crippen LogP contribution in [0, 0.1) is 11.8 Å². The minimum Gasteiger partial charge on any atom is -0.339 e. The van der Waals surface area contributed by atoms with E-state index in [0.29, 0.717) is 44.4 Å². The Morgan fingerprint density at radius 3 is 2.44 bits per heavy atom. The first-order chi connectivity index (χ1) is 12.1.